The van der Waals surface area contributed by atoms with Crippen molar-refractivity contribution in [2.45, 2.75) is 25.7 Å². The zero-order chi connectivity index (χ0) is 17.5. The molecule has 0 bridgehead atoms. The quantitative estimate of drug-likeness (QED) is 0.446. The van der Waals surface area contributed by atoms with Crippen molar-refractivity contribution in [3.05, 3.63) is 35.4 Å². The summed E-state index contributed by atoms with van der Waals surface area (Å²) in [7, 11) is 1.71. The molecule has 1 saturated heterocycles. The van der Waals surface area contributed by atoms with E-state index in [1.54, 1.807) is 7.11 Å². The molecule has 0 amide bonds. The average molecular weight is 345 g/mol. The topological polar surface area (TPSA) is 46.1 Å². The molecule has 0 saturated carbocycles. The molecule has 2 aliphatic rings. The van der Waals surface area contributed by atoms with E-state index < -0.39 is 0 Å². The van der Waals surface area contributed by atoms with Gasteiger partial charge in [-0.3, -0.25) is 4.99 Å². The lowest BCUT2D eigenvalue weighted by Gasteiger charge is -2.29. The summed E-state index contributed by atoms with van der Waals surface area (Å²) < 4.78 is 10.7. The first-order valence-electron chi connectivity index (χ1n) is 9.49. The van der Waals surface area contributed by atoms with Crippen LogP contribution in [-0.4, -0.2) is 64.0 Å². The van der Waals surface area contributed by atoms with E-state index >= 15 is 0 Å². The third-order valence-corrected chi connectivity index (χ3v) is 5.13. The smallest absolute Gasteiger partial charge is 0.193 e. The van der Waals surface area contributed by atoms with E-state index in [-0.39, 0.29) is 0 Å². The number of hydrogen-bond donors (Lipinski definition) is 1. The highest BCUT2D eigenvalue weighted by atomic mass is 16.5. The standard InChI is InChI=1S/C20H31N3O2/c1-3-21-20(22-13-18-12-17-6-4-5-7-19(17)18)23-9-8-16(14-23)15-25-11-10-24-2/h4-7,16,18H,3,8-15H2,1-2H3,(H,21,22). The number of methoxy groups -OCH3 is 1. The fourth-order valence-electron chi connectivity index (χ4n) is 3.70. The van der Waals surface area contributed by atoms with E-state index in [4.69, 9.17) is 14.5 Å². The Labute approximate surface area is 151 Å². The lowest BCUT2D eigenvalue weighted by atomic mass is 9.78. The molecule has 1 fully saturated rings. The van der Waals surface area contributed by atoms with Crippen LogP contribution in [0.25, 0.3) is 0 Å². The van der Waals surface area contributed by atoms with Gasteiger partial charge in [-0.05, 0) is 30.9 Å². The number of ether oxygens (including phenoxy) is 2. The van der Waals surface area contributed by atoms with Gasteiger partial charge in [0, 0.05) is 45.1 Å². The van der Waals surface area contributed by atoms with Gasteiger partial charge in [-0.15, -0.1) is 0 Å². The van der Waals surface area contributed by atoms with Crippen LogP contribution in [0.1, 0.15) is 30.4 Å². The van der Waals surface area contributed by atoms with Gasteiger partial charge in [-0.2, -0.15) is 0 Å². The van der Waals surface area contributed by atoms with Crippen LogP contribution in [0, 0.1) is 5.92 Å². The highest BCUT2D eigenvalue weighted by Crippen LogP contribution is 2.34. The van der Waals surface area contributed by atoms with Crippen LogP contribution in [0.4, 0.5) is 0 Å². The maximum atomic E-state index is 5.70. The van der Waals surface area contributed by atoms with Gasteiger partial charge >= 0.3 is 0 Å². The van der Waals surface area contributed by atoms with E-state index in [9.17, 15) is 0 Å². The molecular formula is C20H31N3O2. The molecule has 0 radical (unpaired) electrons. The van der Waals surface area contributed by atoms with Crippen LogP contribution in [0.15, 0.2) is 29.3 Å². The lowest BCUT2D eigenvalue weighted by molar-refractivity contribution is 0.0536. The van der Waals surface area contributed by atoms with E-state index in [0.29, 0.717) is 25.0 Å². The van der Waals surface area contributed by atoms with Crippen LogP contribution < -0.4 is 5.32 Å². The predicted octanol–water partition coefficient (Wildman–Crippen LogP) is 2.28. The molecule has 138 valence electrons. The third kappa shape index (κ3) is 4.73. The second-order valence-electron chi connectivity index (χ2n) is 6.96. The van der Waals surface area contributed by atoms with Gasteiger partial charge in [0.15, 0.2) is 5.96 Å². The number of hydrogen-bond acceptors (Lipinski definition) is 3. The predicted molar refractivity (Wildman–Crippen MR) is 101 cm³/mol. The van der Waals surface area contributed by atoms with Crippen LogP contribution in [0.3, 0.4) is 0 Å². The monoisotopic (exact) mass is 345 g/mol. The van der Waals surface area contributed by atoms with Crippen molar-refractivity contribution >= 4 is 5.96 Å². The van der Waals surface area contributed by atoms with Crippen molar-refractivity contribution in [3.63, 3.8) is 0 Å². The molecule has 2 unspecified atom stereocenters. The minimum absolute atomic E-state index is 0.584. The van der Waals surface area contributed by atoms with Gasteiger partial charge in [-0.1, -0.05) is 24.3 Å². The number of aliphatic imine (C=N–C) groups is 1. The van der Waals surface area contributed by atoms with Crippen molar-refractivity contribution in [2.75, 3.05) is 53.1 Å². The molecule has 0 aromatic heterocycles. The summed E-state index contributed by atoms with van der Waals surface area (Å²) in [4.78, 5) is 7.32. The number of benzene rings is 1. The van der Waals surface area contributed by atoms with Gasteiger partial charge in [-0.25, -0.2) is 0 Å². The molecule has 5 nitrogen and oxygen atoms in total. The molecule has 1 aliphatic heterocycles. The highest BCUT2D eigenvalue weighted by Gasteiger charge is 2.27. The van der Waals surface area contributed by atoms with Crippen molar-refractivity contribution < 1.29 is 9.47 Å². The van der Waals surface area contributed by atoms with Gasteiger partial charge in [0.05, 0.1) is 19.8 Å². The SMILES string of the molecule is CCNC(=NCC1Cc2ccccc21)N1CCC(COCCOC)C1. The Kier molecular flexibility index (Phi) is 6.70. The Balaban J connectivity index is 1.50. The Morgan fingerprint density at radius 3 is 3.00 bits per heavy atom. The first-order valence-corrected chi connectivity index (χ1v) is 9.49. The summed E-state index contributed by atoms with van der Waals surface area (Å²) in [6, 6.07) is 8.74. The molecule has 1 N–H and O–H groups in total. The molecule has 25 heavy (non-hydrogen) atoms. The van der Waals surface area contributed by atoms with E-state index in [2.05, 4.69) is 41.4 Å². The van der Waals surface area contributed by atoms with Gasteiger partial charge in [0.25, 0.3) is 0 Å². The highest BCUT2D eigenvalue weighted by molar-refractivity contribution is 5.80. The van der Waals surface area contributed by atoms with E-state index in [1.807, 2.05) is 0 Å². The molecule has 0 spiro atoms. The number of likely N-dealkylation sites (tertiary alicyclic amines) is 1. The summed E-state index contributed by atoms with van der Waals surface area (Å²) >= 11 is 0. The maximum Gasteiger partial charge on any atom is 0.193 e. The number of fused-ring (bicyclic) bond motifs is 1. The van der Waals surface area contributed by atoms with Gasteiger partial charge in [0.1, 0.15) is 0 Å². The fourth-order valence-corrected chi connectivity index (χ4v) is 3.70. The molecule has 1 aliphatic carbocycles. The largest absolute Gasteiger partial charge is 0.382 e. The second-order valence-corrected chi connectivity index (χ2v) is 6.96. The zero-order valence-electron chi connectivity index (χ0n) is 15.5. The normalized spacial score (nSPS) is 22.6. The Hall–Kier alpha value is -1.59. The minimum Gasteiger partial charge on any atom is -0.382 e. The maximum absolute atomic E-state index is 5.70. The number of nitrogens with zero attached hydrogens (tertiary/aromatic N) is 2. The van der Waals surface area contributed by atoms with E-state index in [1.165, 1.54) is 17.5 Å². The summed E-state index contributed by atoms with van der Waals surface area (Å²) in [5.74, 6) is 2.23. The Morgan fingerprint density at radius 1 is 1.32 bits per heavy atom. The van der Waals surface area contributed by atoms with Crippen molar-refractivity contribution in [2.24, 2.45) is 10.9 Å². The second kappa shape index (κ2) is 9.20. The van der Waals surface area contributed by atoms with Gasteiger partial charge < -0.3 is 19.7 Å². The molecule has 5 heteroatoms. The Morgan fingerprint density at radius 2 is 2.20 bits per heavy atom. The Bertz CT molecular complexity index is 576. The van der Waals surface area contributed by atoms with Gasteiger partial charge in [0.2, 0.25) is 0 Å². The van der Waals surface area contributed by atoms with Crippen LogP contribution in [0.2, 0.25) is 0 Å². The number of guanidine groups is 1. The third-order valence-electron chi connectivity index (χ3n) is 5.13. The zero-order valence-corrected chi connectivity index (χ0v) is 15.5. The minimum atomic E-state index is 0.584. The van der Waals surface area contributed by atoms with Crippen LogP contribution in [-0.2, 0) is 15.9 Å². The molecule has 1 aromatic rings. The summed E-state index contributed by atoms with van der Waals surface area (Å²) in [5.41, 5.74) is 2.97. The van der Waals surface area contributed by atoms with E-state index in [0.717, 1.165) is 45.2 Å². The van der Waals surface area contributed by atoms with Crippen LogP contribution in [0.5, 0.6) is 0 Å². The number of rotatable bonds is 8. The average Bonchev–Trinajstić information content (AvgIpc) is 3.07. The summed E-state index contributed by atoms with van der Waals surface area (Å²) in [5, 5.41) is 3.46. The molecule has 1 heterocycles. The first kappa shape index (κ1) is 18.2. The summed E-state index contributed by atoms with van der Waals surface area (Å²) in [6.45, 7) is 8.18. The number of nitrogens with one attached hydrogen (secondary N) is 1. The summed E-state index contributed by atoms with van der Waals surface area (Å²) in [6.07, 6.45) is 2.33. The molecule has 1 aromatic carbocycles. The lowest BCUT2D eigenvalue weighted by Crippen LogP contribution is -2.40. The van der Waals surface area contributed by atoms with Crippen molar-refractivity contribution in [1.82, 2.24) is 10.2 Å². The van der Waals surface area contributed by atoms with Crippen LogP contribution >= 0.6 is 0 Å². The molecule has 2 atom stereocenters. The first-order chi connectivity index (χ1) is 12.3. The molecular weight excluding hydrogens is 314 g/mol. The van der Waals surface area contributed by atoms with Crippen molar-refractivity contribution in [3.8, 4) is 0 Å². The fraction of sp³-hybridized carbons (Fsp3) is 0.650. The molecule has 3 rings (SSSR count). The van der Waals surface area contributed by atoms with Crippen molar-refractivity contribution in [1.29, 1.82) is 0 Å².